The summed E-state index contributed by atoms with van der Waals surface area (Å²) in [6.07, 6.45) is 0. The number of nitrogens with zero attached hydrogens (tertiary/aromatic N) is 2. The molecule has 0 amide bonds. The molecular formula is C18H24N2O2S. The number of benzene rings is 2. The molecule has 0 aliphatic rings. The molecule has 0 atom stereocenters. The number of phenolic OH excluding ortho intramolecular Hbond substituents is 2. The van der Waals surface area contributed by atoms with E-state index >= 15 is 0 Å². The molecular weight excluding hydrogens is 308 g/mol. The molecule has 0 aliphatic heterocycles. The third-order valence-electron chi connectivity index (χ3n) is 3.31. The average molecular weight is 332 g/mol. The quantitative estimate of drug-likeness (QED) is 0.849. The van der Waals surface area contributed by atoms with Gasteiger partial charge in [-0.05, 0) is 64.6 Å². The summed E-state index contributed by atoms with van der Waals surface area (Å²) in [7, 11) is 7.92. The summed E-state index contributed by atoms with van der Waals surface area (Å²) in [6, 6.07) is 11.3. The Hall–Kier alpha value is -1.69. The monoisotopic (exact) mass is 332 g/mol. The van der Waals surface area contributed by atoms with Gasteiger partial charge in [0.25, 0.3) is 0 Å². The molecule has 0 aliphatic carbocycles. The smallest absolute Gasteiger partial charge is 0.120 e. The van der Waals surface area contributed by atoms with Crippen LogP contribution in [0, 0.1) is 0 Å². The molecule has 0 heterocycles. The summed E-state index contributed by atoms with van der Waals surface area (Å²) in [6.45, 7) is 1.39. The predicted molar refractivity (Wildman–Crippen MR) is 95.1 cm³/mol. The molecule has 4 nitrogen and oxygen atoms in total. The fourth-order valence-corrected chi connectivity index (χ4v) is 3.27. The van der Waals surface area contributed by atoms with Gasteiger partial charge in [0.15, 0.2) is 0 Å². The first-order chi connectivity index (χ1) is 10.8. The lowest BCUT2D eigenvalue weighted by Crippen LogP contribution is -2.10. The van der Waals surface area contributed by atoms with Gasteiger partial charge in [-0.3, -0.25) is 0 Å². The Morgan fingerprint density at radius 1 is 0.739 bits per heavy atom. The number of hydrogen-bond acceptors (Lipinski definition) is 5. The second-order valence-corrected chi connectivity index (χ2v) is 7.31. The molecule has 0 unspecified atom stereocenters. The lowest BCUT2D eigenvalue weighted by molar-refractivity contribution is 0.385. The molecule has 0 fully saturated rings. The van der Waals surface area contributed by atoms with Crippen LogP contribution in [-0.2, 0) is 13.1 Å². The Labute approximate surface area is 142 Å². The minimum atomic E-state index is 0.321. The summed E-state index contributed by atoms with van der Waals surface area (Å²) in [5.41, 5.74) is 1.82. The van der Waals surface area contributed by atoms with E-state index in [0.717, 1.165) is 20.9 Å². The van der Waals surface area contributed by atoms with Crippen LogP contribution in [0.15, 0.2) is 46.2 Å². The first-order valence-electron chi connectivity index (χ1n) is 7.46. The molecule has 0 radical (unpaired) electrons. The van der Waals surface area contributed by atoms with Crippen molar-refractivity contribution in [2.45, 2.75) is 22.9 Å². The zero-order valence-corrected chi connectivity index (χ0v) is 14.9. The second kappa shape index (κ2) is 7.73. The van der Waals surface area contributed by atoms with Crippen molar-refractivity contribution in [2.24, 2.45) is 0 Å². The Morgan fingerprint density at radius 2 is 1.13 bits per heavy atom. The second-order valence-electron chi connectivity index (χ2n) is 6.16. The van der Waals surface area contributed by atoms with Crippen molar-refractivity contribution in [2.75, 3.05) is 28.2 Å². The van der Waals surface area contributed by atoms with Crippen LogP contribution in [0.5, 0.6) is 11.5 Å². The number of rotatable bonds is 6. The number of aromatic hydroxyl groups is 2. The Bertz CT molecular complexity index is 615. The van der Waals surface area contributed by atoms with Crippen LogP contribution in [0.25, 0.3) is 0 Å². The lowest BCUT2D eigenvalue weighted by atomic mass is 10.2. The van der Waals surface area contributed by atoms with Crippen molar-refractivity contribution >= 4 is 11.8 Å². The first kappa shape index (κ1) is 17.7. The first-order valence-corrected chi connectivity index (χ1v) is 8.28. The zero-order valence-electron chi connectivity index (χ0n) is 14.1. The lowest BCUT2D eigenvalue weighted by Gasteiger charge is -2.14. The summed E-state index contributed by atoms with van der Waals surface area (Å²) < 4.78 is 0. The number of phenols is 2. The van der Waals surface area contributed by atoms with Crippen LogP contribution < -0.4 is 0 Å². The van der Waals surface area contributed by atoms with Crippen LogP contribution in [0.1, 0.15) is 11.1 Å². The standard InChI is InChI=1S/C18H24N2O2S/c1-19(2)11-13-9-15(5-7-17(13)21)23-16-6-8-18(22)14(10-16)12-20(3)4/h5-10,21-22H,11-12H2,1-4H3. The summed E-state index contributed by atoms with van der Waals surface area (Å²) in [4.78, 5) is 6.20. The molecule has 2 aromatic rings. The van der Waals surface area contributed by atoms with Gasteiger partial charge in [0.1, 0.15) is 11.5 Å². The molecule has 2 rings (SSSR count). The van der Waals surface area contributed by atoms with Gasteiger partial charge in [0.2, 0.25) is 0 Å². The van der Waals surface area contributed by atoms with E-state index in [-0.39, 0.29) is 0 Å². The van der Waals surface area contributed by atoms with E-state index in [4.69, 9.17) is 0 Å². The van der Waals surface area contributed by atoms with Gasteiger partial charge >= 0.3 is 0 Å². The fourth-order valence-electron chi connectivity index (χ4n) is 2.32. The van der Waals surface area contributed by atoms with Crippen LogP contribution in [0.4, 0.5) is 0 Å². The zero-order chi connectivity index (χ0) is 17.0. The van der Waals surface area contributed by atoms with Crippen LogP contribution >= 0.6 is 11.8 Å². The molecule has 2 aromatic carbocycles. The van der Waals surface area contributed by atoms with Crippen molar-refractivity contribution in [3.63, 3.8) is 0 Å². The van der Waals surface area contributed by atoms with E-state index in [0.29, 0.717) is 24.6 Å². The maximum atomic E-state index is 9.96. The molecule has 0 bridgehead atoms. The third kappa shape index (κ3) is 5.16. The van der Waals surface area contributed by atoms with Gasteiger partial charge in [-0.2, -0.15) is 0 Å². The molecule has 2 N–H and O–H groups in total. The number of hydrogen-bond donors (Lipinski definition) is 2. The van der Waals surface area contributed by atoms with Gasteiger partial charge in [0, 0.05) is 34.0 Å². The van der Waals surface area contributed by atoms with Gasteiger partial charge in [0.05, 0.1) is 0 Å². The van der Waals surface area contributed by atoms with E-state index in [1.165, 1.54) is 0 Å². The van der Waals surface area contributed by atoms with E-state index in [2.05, 4.69) is 0 Å². The summed E-state index contributed by atoms with van der Waals surface area (Å²) in [5.74, 6) is 0.643. The highest BCUT2D eigenvalue weighted by Crippen LogP contribution is 2.33. The minimum absolute atomic E-state index is 0.321. The van der Waals surface area contributed by atoms with E-state index in [9.17, 15) is 10.2 Å². The fraction of sp³-hybridized carbons (Fsp3) is 0.333. The van der Waals surface area contributed by atoms with E-state index in [1.807, 2.05) is 62.3 Å². The highest BCUT2D eigenvalue weighted by atomic mass is 32.2. The maximum absolute atomic E-state index is 9.96. The average Bonchev–Trinajstić information content (AvgIpc) is 2.45. The normalized spacial score (nSPS) is 11.4. The van der Waals surface area contributed by atoms with Crippen LogP contribution in [-0.4, -0.2) is 48.2 Å². The third-order valence-corrected chi connectivity index (χ3v) is 4.29. The van der Waals surface area contributed by atoms with Crippen LogP contribution in [0.2, 0.25) is 0 Å². The highest BCUT2D eigenvalue weighted by molar-refractivity contribution is 7.99. The van der Waals surface area contributed by atoms with Crippen LogP contribution in [0.3, 0.4) is 0 Å². The van der Waals surface area contributed by atoms with E-state index in [1.54, 1.807) is 23.9 Å². The van der Waals surface area contributed by atoms with Crippen molar-refractivity contribution < 1.29 is 10.2 Å². The van der Waals surface area contributed by atoms with Gasteiger partial charge < -0.3 is 20.0 Å². The van der Waals surface area contributed by atoms with Gasteiger partial charge in [-0.1, -0.05) is 11.8 Å². The summed E-state index contributed by atoms with van der Waals surface area (Å²) >= 11 is 1.63. The molecule has 0 saturated carbocycles. The predicted octanol–water partition coefficient (Wildman–Crippen LogP) is 3.37. The van der Waals surface area contributed by atoms with Gasteiger partial charge in [-0.25, -0.2) is 0 Å². The van der Waals surface area contributed by atoms with Crippen molar-refractivity contribution in [3.05, 3.63) is 47.5 Å². The Balaban J connectivity index is 2.22. The Kier molecular flexibility index (Phi) is 5.93. The molecule has 0 spiro atoms. The van der Waals surface area contributed by atoms with Crippen molar-refractivity contribution in [3.8, 4) is 11.5 Å². The van der Waals surface area contributed by atoms with E-state index < -0.39 is 0 Å². The van der Waals surface area contributed by atoms with Crippen molar-refractivity contribution in [1.29, 1.82) is 0 Å². The molecule has 124 valence electrons. The SMILES string of the molecule is CN(C)Cc1cc(Sc2ccc(O)c(CN(C)C)c2)ccc1O. The topological polar surface area (TPSA) is 46.9 Å². The minimum Gasteiger partial charge on any atom is -0.508 e. The molecule has 5 heteroatoms. The maximum Gasteiger partial charge on any atom is 0.120 e. The molecule has 0 aromatic heterocycles. The molecule has 23 heavy (non-hydrogen) atoms. The molecule has 0 saturated heterocycles. The Morgan fingerprint density at radius 3 is 1.48 bits per heavy atom. The summed E-state index contributed by atoms with van der Waals surface area (Å²) in [5, 5.41) is 19.9. The highest BCUT2D eigenvalue weighted by Gasteiger charge is 2.08. The largest absolute Gasteiger partial charge is 0.508 e. The van der Waals surface area contributed by atoms with Crippen molar-refractivity contribution in [1.82, 2.24) is 9.80 Å². The van der Waals surface area contributed by atoms with Gasteiger partial charge in [-0.15, -0.1) is 0 Å².